The van der Waals surface area contributed by atoms with E-state index in [1.165, 1.54) is 6.33 Å². The van der Waals surface area contributed by atoms with Crippen molar-refractivity contribution in [2.75, 3.05) is 24.8 Å². The Morgan fingerprint density at radius 1 is 1.41 bits per heavy atom. The number of carbonyl (C=O) groups is 1. The molecule has 1 aromatic heterocycles. The lowest BCUT2D eigenvalue weighted by Gasteiger charge is -2.24. The molecule has 0 fully saturated rings. The van der Waals surface area contributed by atoms with Crippen LogP contribution in [0.3, 0.4) is 0 Å². The Labute approximate surface area is 134 Å². The molecule has 22 heavy (non-hydrogen) atoms. The maximum absolute atomic E-state index is 12.9. The van der Waals surface area contributed by atoms with Crippen molar-refractivity contribution < 1.29 is 9.53 Å². The Hall–Kier alpha value is -2.08. The molecule has 0 bridgehead atoms. The van der Waals surface area contributed by atoms with Gasteiger partial charge in [0.1, 0.15) is 12.1 Å². The number of hydrogen-bond donors (Lipinski definition) is 0. The number of rotatable bonds is 5. The minimum atomic E-state index is -0.107. The summed E-state index contributed by atoms with van der Waals surface area (Å²) in [5.41, 5.74) is 2.02. The highest BCUT2D eigenvalue weighted by Crippen LogP contribution is 2.33. The van der Waals surface area contributed by atoms with Gasteiger partial charge >= 0.3 is 0 Å². The average Bonchev–Trinajstić information content (AvgIpc) is 2.55. The van der Waals surface area contributed by atoms with E-state index in [1.807, 2.05) is 38.3 Å². The van der Waals surface area contributed by atoms with Gasteiger partial charge in [-0.05, 0) is 32.2 Å². The van der Waals surface area contributed by atoms with E-state index in [0.717, 1.165) is 16.3 Å². The van der Waals surface area contributed by atoms with E-state index >= 15 is 0 Å². The molecule has 1 heterocycles. The minimum Gasteiger partial charge on any atom is -0.497 e. The number of amides is 1. The lowest BCUT2D eigenvalue weighted by Crippen LogP contribution is -2.32. The maximum Gasteiger partial charge on any atom is 0.261 e. The molecule has 0 atom stereocenters. The fourth-order valence-corrected chi connectivity index (χ4v) is 2.76. The van der Waals surface area contributed by atoms with E-state index in [2.05, 4.69) is 9.97 Å². The Morgan fingerprint density at radius 3 is 2.77 bits per heavy atom. The predicted octanol–water partition coefficient (Wildman–Crippen LogP) is 3.18. The predicted molar refractivity (Wildman–Crippen MR) is 88.9 cm³/mol. The third kappa shape index (κ3) is 3.22. The summed E-state index contributed by atoms with van der Waals surface area (Å²) < 4.78 is 5.29. The SMILES string of the molecule is CCN(C(=O)c1cncnc1C)c1cc(OC)ccc1SC. The van der Waals surface area contributed by atoms with Crippen LogP contribution >= 0.6 is 11.8 Å². The average molecular weight is 317 g/mol. The van der Waals surface area contributed by atoms with Crippen molar-refractivity contribution >= 4 is 23.4 Å². The van der Waals surface area contributed by atoms with Crippen LogP contribution < -0.4 is 9.64 Å². The molecule has 2 aromatic rings. The van der Waals surface area contributed by atoms with Crippen LogP contribution in [-0.2, 0) is 0 Å². The number of anilines is 1. The van der Waals surface area contributed by atoms with Gasteiger partial charge in [0.25, 0.3) is 5.91 Å². The Bertz CT molecular complexity index is 676. The normalized spacial score (nSPS) is 10.4. The molecule has 0 N–H and O–H groups in total. The Kier molecular flexibility index (Phi) is 5.38. The van der Waals surface area contributed by atoms with Gasteiger partial charge in [-0.15, -0.1) is 11.8 Å². The van der Waals surface area contributed by atoms with Crippen LogP contribution in [0.2, 0.25) is 0 Å². The molecule has 1 aromatic carbocycles. The molecule has 0 aliphatic carbocycles. The molecule has 0 saturated carbocycles. The highest BCUT2D eigenvalue weighted by molar-refractivity contribution is 7.98. The zero-order chi connectivity index (χ0) is 16.1. The third-order valence-electron chi connectivity index (χ3n) is 3.38. The van der Waals surface area contributed by atoms with Gasteiger partial charge < -0.3 is 9.64 Å². The highest BCUT2D eigenvalue weighted by atomic mass is 32.2. The second-order valence-corrected chi connectivity index (χ2v) is 5.46. The first-order valence-corrected chi connectivity index (χ1v) is 8.15. The summed E-state index contributed by atoms with van der Waals surface area (Å²) in [5, 5.41) is 0. The first-order chi connectivity index (χ1) is 10.6. The molecule has 6 heteroatoms. The van der Waals surface area contributed by atoms with Crippen molar-refractivity contribution in [2.45, 2.75) is 18.7 Å². The molecule has 2 rings (SSSR count). The third-order valence-corrected chi connectivity index (χ3v) is 4.17. The molecule has 0 saturated heterocycles. The van der Waals surface area contributed by atoms with E-state index in [0.29, 0.717) is 17.8 Å². The monoisotopic (exact) mass is 317 g/mol. The Morgan fingerprint density at radius 2 is 2.18 bits per heavy atom. The van der Waals surface area contributed by atoms with Gasteiger partial charge in [-0.2, -0.15) is 0 Å². The number of benzene rings is 1. The van der Waals surface area contributed by atoms with E-state index in [1.54, 1.807) is 30.0 Å². The highest BCUT2D eigenvalue weighted by Gasteiger charge is 2.21. The smallest absolute Gasteiger partial charge is 0.261 e. The quantitative estimate of drug-likeness (QED) is 0.793. The Balaban J connectivity index is 2.48. The molecule has 1 amide bonds. The number of carbonyl (C=O) groups excluding carboxylic acids is 1. The molecule has 5 nitrogen and oxygen atoms in total. The van der Waals surface area contributed by atoms with Crippen molar-refractivity contribution in [3.8, 4) is 5.75 Å². The van der Waals surface area contributed by atoms with E-state index in [4.69, 9.17) is 4.74 Å². The topological polar surface area (TPSA) is 55.3 Å². The van der Waals surface area contributed by atoms with Crippen LogP contribution in [0.15, 0.2) is 35.6 Å². The van der Waals surface area contributed by atoms with E-state index in [-0.39, 0.29) is 5.91 Å². The number of aromatic nitrogens is 2. The second kappa shape index (κ2) is 7.26. The van der Waals surface area contributed by atoms with Gasteiger partial charge in [0, 0.05) is 23.7 Å². The van der Waals surface area contributed by atoms with Crippen molar-refractivity contribution in [1.82, 2.24) is 9.97 Å². The molecule has 0 spiro atoms. The number of thioether (sulfide) groups is 1. The summed E-state index contributed by atoms with van der Waals surface area (Å²) in [6.45, 7) is 4.30. The number of ether oxygens (including phenoxy) is 1. The van der Waals surface area contributed by atoms with Crippen LogP contribution in [0, 0.1) is 6.92 Å². The summed E-state index contributed by atoms with van der Waals surface area (Å²) in [7, 11) is 1.62. The van der Waals surface area contributed by atoms with Crippen LogP contribution in [0.25, 0.3) is 0 Å². The summed E-state index contributed by atoms with van der Waals surface area (Å²) in [6, 6.07) is 5.74. The van der Waals surface area contributed by atoms with Crippen LogP contribution in [0.4, 0.5) is 5.69 Å². The van der Waals surface area contributed by atoms with Gasteiger partial charge in [0.2, 0.25) is 0 Å². The van der Waals surface area contributed by atoms with Crippen molar-refractivity contribution in [3.63, 3.8) is 0 Å². The second-order valence-electron chi connectivity index (χ2n) is 4.61. The molecule has 0 aliphatic rings. The molecular formula is C16H19N3O2S. The first-order valence-electron chi connectivity index (χ1n) is 6.92. The van der Waals surface area contributed by atoms with Crippen LogP contribution in [-0.4, -0.2) is 35.8 Å². The fraction of sp³-hybridized carbons (Fsp3) is 0.312. The lowest BCUT2D eigenvalue weighted by atomic mass is 10.2. The minimum absolute atomic E-state index is 0.107. The molecule has 0 aliphatic heterocycles. The number of methoxy groups -OCH3 is 1. The van der Waals surface area contributed by atoms with E-state index in [9.17, 15) is 4.79 Å². The van der Waals surface area contributed by atoms with Gasteiger partial charge in [-0.3, -0.25) is 4.79 Å². The summed E-state index contributed by atoms with van der Waals surface area (Å²) in [5.74, 6) is 0.615. The lowest BCUT2D eigenvalue weighted by molar-refractivity contribution is 0.0986. The van der Waals surface area contributed by atoms with Crippen molar-refractivity contribution in [2.24, 2.45) is 0 Å². The zero-order valence-corrected chi connectivity index (χ0v) is 14.0. The summed E-state index contributed by atoms with van der Waals surface area (Å²) >= 11 is 1.59. The number of aryl methyl sites for hydroxylation is 1. The molecule has 0 radical (unpaired) electrons. The molecule has 116 valence electrons. The summed E-state index contributed by atoms with van der Waals surface area (Å²) in [6.07, 6.45) is 4.99. The summed E-state index contributed by atoms with van der Waals surface area (Å²) in [4.78, 5) is 23.7. The van der Waals surface area contributed by atoms with Gasteiger partial charge in [0.05, 0.1) is 24.1 Å². The molecule has 0 unspecified atom stereocenters. The number of hydrogen-bond acceptors (Lipinski definition) is 5. The zero-order valence-electron chi connectivity index (χ0n) is 13.2. The standard InChI is InChI=1S/C16H19N3O2S/c1-5-19(16(20)13-9-17-10-18-11(13)2)14-8-12(21-3)6-7-15(14)22-4/h6-10H,5H2,1-4H3. The first kappa shape index (κ1) is 16.3. The molecular weight excluding hydrogens is 298 g/mol. The number of nitrogens with zero attached hydrogens (tertiary/aromatic N) is 3. The maximum atomic E-state index is 12.9. The van der Waals surface area contributed by atoms with Gasteiger partial charge in [0.15, 0.2) is 0 Å². The van der Waals surface area contributed by atoms with Crippen LogP contribution in [0.5, 0.6) is 5.75 Å². The van der Waals surface area contributed by atoms with Crippen LogP contribution in [0.1, 0.15) is 23.0 Å². The largest absolute Gasteiger partial charge is 0.497 e. The van der Waals surface area contributed by atoms with Crippen molar-refractivity contribution in [3.05, 3.63) is 42.0 Å². The van der Waals surface area contributed by atoms with Crippen molar-refractivity contribution in [1.29, 1.82) is 0 Å². The van der Waals surface area contributed by atoms with Gasteiger partial charge in [-0.1, -0.05) is 0 Å². The van der Waals surface area contributed by atoms with E-state index < -0.39 is 0 Å². The fourth-order valence-electron chi connectivity index (χ4n) is 2.18. The van der Waals surface area contributed by atoms with Gasteiger partial charge in [-0.25, -0.2) is 9.97 Å².